The van der Waals surface area contributed by atoms with E-state index in [0.717, 1.165) is 0 Å². The molecule has 0 radical (unpaired) electrons. The van der Waals surface area contributed by atoms with Crippen molar-refractivity contribution >= 4 is 47.6 Å². The molecule has 0 spiro atoms. The van der Waals surface area contributed by atoms with Gasteiger partial charge in [0, 0.05) is 0 Å². The van der Waals surface area contributed by atoms with Crippen LogP contribution in [0, 0.1) is 11.5 Å². The molecule has 15 heavy (non-hydrogen) atoms. The molecule has 0 unspecified atom stereocenters. The van der Waals surface area contributed by atoms with Gasteiger partial charge in [0.25, 0.3) is 0 Å². The van der Waals surface area contributed by atoms with Crippen LogP contribution in [0.3, 0.4) is 0 Å². The molecule has 1 rings (SSSR count). The van der Waals surface area contributed by atoms with Gasteiger partial charge in [0.05, 0.1) is 0 Å². The van der Waals surface area contributed by atoms with E-state index in [9.17, 15) is 0 Å². The summed E-state index contributed by atoms with van der Waals surface area (Å²) < 4.78 is 0. The van der Waals surface area contributed by atoms with Crippen LogP contribution in [0.4, 0.5) is 0 Å². The van der Waals surface area contributed by atoms with Gasteiger partial charge in [-0.25, -0.2) is 5.57 Å². The summed E-state index contributed by atoms with van der Waals surface area (Å²) in [6.45, 7) is 12.9. The number of allylic oxidation sites excluding steroid dienone is 4. The molecule has 0 atom stereocenters. The summed E-state index contributed by atoms with van der Waals surface area (Å²) in [6, 6.07) is 0. The van der Waals surface area contributed by atoms with Crippen LogP contribution in [0.25, 0.3) is 0 Å². The SMILES string of the molecule is C=O.CC1=[C-]C(C)(C)C(C)=C1C.[I][Co+][I]. The van der Waals surface area contributed by atoms with E-state index in [1.165, 1.54) is 25.0 Å². The minimum atomic E-state index is 0.189. The second kappa shape index (κ2) is 9.18. The topological polar surface area (TPSA) is 17.1 Å². The number of rotatable bonds is 0. The van der Waals surface area contributed by atoms with E-state index >= 15 is 0 Å². The van der Waals surface area contributed by atoms with Crippen LogP contribution in [0.15, 0.2) is 16.7 Å². The molecule has 0 aromatic rings. The number of hydrogen-bond donors (Lipinski definition) is 0. The van der Waals surface area contributed by atoms with Gasteiger partial charge in [-0.05, 0) is 0 Å². The Labute approximate surface area is 122 Å². The first kappa shape index (κ1) is 18.5. The van der Waals surface area contributed by atoms with Crippen LogP contribution in [-0.2, 0) is 13.1 Å². The van der Waals surface area contributed by atoms with E-state index in [-0.39, 0.29) is 5.41 Å². The third-order valence-electron chi connectivity index (χ3n) is 2.56. The first-order valence-corrected chi connectivity index (χ1v) is 11.0. The fourth-order valence-corrected chi connectivity index (χ4v) is 1.41. The molecule has 0 fully saturated rings. The molecule has 4 heteroatoms. The summed E-state index contributed by atoms with van der Waals surface area (Å²) in [5.74, 6) is 0. The van der Waals surface area contributed by atoms with E-state index in [4.69, 9.17) is 4.79 Å². The zero-order valence-electron chi connectivity index (χ0n) is 9.70. The van der Waals surface area contributed by atoms with Gasteiger partial charge < -0.3 is 4.79 Å². The van der Waals surface area contributed by atoms with Crippen LogP contribution in [0.1, 0.15) is 34.6 Å². The fourth-order valence-electron chi connectivity index (χ4n) is 1.41. The molecule has 1 aliphatic carbocycles. The molecule has 0 N–H and O–H groups in total. The Bertz CT molecular complexity index is 257. The second-order valence-electron chi connectivity index (χ2n) is 3.67. The predicted octanol–water partition coefficient (Wildman–Crippen LogP) is 4.70. The first-order valence-electron chi connectivity index (χ1n) is 4.29. The van der Waals surface area contributed by atoms with Crippen molar-refractivity contribution in [1.82, 2.24) is 0 Å². The van der Waals surface area contributed by atoms with Gasteiger partial charge >= 0.3 is 49.1 Å². The summed E-state index contributed by atoms with van der Waals surface area (Å²) in [6.07, 6.45) is 3.44. The molecule has 90 valence electrons. The summed E-state index contributed by atoms with van der Waals surface area (Å²) in [7, 11) is 1.38. The van der Waals surface area contributed by atoms with Gasteiger partial charge in [0.15, 0.2) is 0 Å². The van der Waals surface area contributed by atoms with Crippen molar-refractivity contribution in [2.24, 2.45) is 5.41 Å². The Kier molecular flexibility index (Phi) is 11.3. The third kappa shape index (κ3) is 6.43. The van der Waals surface area contributed by atoms with Crippen molar-refractivity contribution in [3.8, 4) is 0 Å². The van der Waals surface area contributed by atoms with Crippen LogP contribution in [0.2, 0.25) is 0 Å². The Morgan fingerprint density at radius 3 is 1.60 bits per heavy atom. The second-order valence-corrected chi connectivity index (χ2v) is 12.5. The molecule has 0 aromatic heterocycles. The molecular weight excluding hydrogens is 461 g/mol. The maximum atomic E-state index is 8.00. The van der Waals surface area contributed by atoms with Crippen LogP contribution >= 0.6 is 40.8 Å². The maximum absolute atomic E-state index is 8.00. The van der Waals surface area contributed by atoms with Gasteiger partial charge in [0.2, 0.25) is 0 Å². The summed E-state index contributed by atoms with van der Waals surface area (Å²) in [5, 5.41) is 0. The zero-order chi connectivity index (χ0) is 12.6. The van der Waals surface area contributed by atoms with Crippen molar-refractivity contribution in [2.75, 3.05) is 0 Å². The molecule has 0 saturated heterocycles. The van der Waals surface area contributed by atoms with E-state index in [1.54, 1.807) is 0 Å². The minimum absolute atomic E-state index is 0.189. The van der Waals surface area contributed by atoms with Crippen LogP contribution in [0.5, 0.6) is 0 Å². The van der Waals surface area contributed by atoms with Gasteiger partial charge in [-0.1, -0.05) is 33.1 Å². The molecule has 0 heterocycles. The summed E-state index contributed by atoms with van der Waals surface area (Å²) in [5.41, 5.74) is 4.39. The van der Waals surface area contributed by atoms with Gasteiger partial charge in [-0.3, -0.25) is 6.08 Å². The number of carbonyl (C=O) groups excluding carboxylic acids is 1. The van der Waals surface area contributed by atoms with E-state index in [0.29, 0.717) is 0 Å². The number of hydrogen-bond acceptors (Lipinski definition) is 1. The molecule has 1 aliphatic rings. The van der Waals surface area contributed by atoms with Gasteiger partial charge in [0.1, 0.15) is 6.79 Å². The zero-order valence-corrected chi connectivity index (χ0v) is 15.1. The Balaban J connectivity index is 0. The van der Waals surface area contributed by atoms with Crippen LogP contribution in [-0.4, -0.2) is 6.79 Å². The Hall–Kier alpha value is 1.12. The Morgan fingerprint density at radius 2 is 1.53 bits per heavy atom. The monoisotopic (exact) mass is 478 g/mol. The van der Waals surface area contributed by atoms with Crippen LogP contribution < -0.4 is 0 Å². The molecule has 0 aromatic carbocycles. The normalized spacial score (nSPS) is 17.4. The summed E-state index contributed by atoms with van der Waals surface area (Å²) >= 11 is 4.49. The first-order chi connectivity index (χ1) is 6.86. The van der Waals surface area contributed by atoms with Crippen molar-refractivity contribution in [2.45, 2.75) is 34.6 Å². The average Bonchev–Trinajstić information content (AvgIpc) is 2.34. The van der Waals surface area contributed by atoms with Gasteiger partial charge in [-0.2, -0.15) is 11.1 Å². The van der Waals surface area contributed by atoms with Crippen molar-refractivity contribution in [3.05, 3.63) is 22.8 Å². The standard InChI is InChI=1S/C10H15.CH2O.Co.2HI/c1-7-6-10(4,5)9(3)8(7)2;1-2;;;/h1-5H3;1H2;;2*1H/q-1;;+3;;/p-2. The number of carbonyl (C=O) groups is 1. The molecule has 0 bridgehead atoms. The fraction of sp³-hybridized carbons (Fsp3) is 0.545. The molecule has 1 nitrogen and oxygen atoms in total. The molecular formula is C11H17CoI2O. The third-order valence-corrected chi connectivity index (χ3v) is 2.56. The van der Waals surface area contributed by atoms with Gasteiger partial charge in [-0.15, -0.1) is 6.92 Å². The van der Waals surface area contributed by atoms with E-state index in [1.807, 2.05) is 6.79 Å². The average molecular weight is 478 g/mol. The predicted molar refractivity (Wildman–Crippen MR) is 79.7 cm³/mol. The summed E-state index contributed by atoms with van der Waals surface area (Å²) in [4.78, 5) is 8.00. The molecule has 0 aliphatic heterocycles. The molecule has 0 saturated carbocycles. The van der Waals surface area contributed by atoms with Crippen molar-refractivity contribution < 1.29 is 13.1 Å². The van der Waals surface area contributed by atoms with Crippen molar-refractivity contribution in [3.63, 3.8) is 0 Å². The van der Waals surface area contributed by atoms with E-state index < -0.39 is 0 Å². The van der Waals surface area contributed by atoms with Crippen molar-refractivity contribution in [1.29, 1.82) is 0 Å². The van der Waals surface area contributed by atoms with E-state index in [2.05, 4.69) is 81.5 Å². The number of halogens is 2. The quantitative estimate of drug-likeness (QED) is 0.365. The Morgan fingerprint density at radius 1 is 1.20 bits per heavy atom. The molecule has 0 amide bonds.